The van der Waals surface area contributed by atoms with Crippen LogP contribution >= 0.6 is 11.3 Å². The van der Waals surface area contributed by atoms with Crippen LogP contribution in [0.3, 0.4) is 0 Å². The molecule has 0 atom stereocenters. The average Bonchev–Trinajstić information content (AvgIpc) is 3.18. The highest BCUT2D eigenvalue weighted by molar-refractivity contribution is 7.18. The second-order valence-electron chi connectivity index (χ2n) is 7.35. The third kappa shape index (κ3) is 7.17. The highest BCUT2D eigenvalue weighted by atomic mass is 32.1. The summed E-state index contributed by atoms with van der Waals surface area (Å²) in [4.78, 5) is 37.1. The number of ether oxygens (including phenoxy) is 2. The van der Waals surface area contributed by atoms with E-state index in [1.807, 2.05) is 54.6 Å². The van der Waals surface area contributed by atoms with Crippen molar-refractivity contribution in [1.29, 1.82) is 0 Å². The minimum Gasteiger partial charge on any atom is -0.460 e. The summed E-state index contributed by atoms with van der Waals surface area (Å²) >= 11 is 0.934. The maximum absolute atomic E-state index is 12.6. The molecule has 3 aromatic rings. The van der Waals surface area contributed by atoms with E-state index in [-0.39, 0.29) is 35.2 Å². The molecular weight excluding hydrogens is 466 g/mol. The predicted molar refractivity (Wildman–Crippen MR) is 136 cm³/mol. The zero-order valence-corrected chi connectivity index (χ0v) is 20.2. The van der Waals surface area contributed by atoms with Crippen LogP contribution in [0.1, 0.15) is 36.7 Å². The van der Waals surface area contributed by atoms with Crippen molar-refractivity contribution in [3.63, 3.8) is 0 Å². The van der Waals surface area contributed by atoms with E-state index in [0.29, 0.717) is 11.3 Å². The van der Waals surface area contributed by atoms with E-state index in [0.717, 1.165) is 22.5 Å². The Morgan fingerprint density at radius 2 is 1.71 bits per heavy atom. The van der Waals surface area contributed by atoms with Gasteiger partial charge in [0.25, 0.3) is 5.91 Å². The lowest BCUT2D eigenvalue weighted by Gasteiger charge is -2.09. The van der Waals surface area contributed by atoms with Crippen molar-refractivity contribution < 1.29 is 23.9 Å². The fraction of sp³-hybridized carbons (Fsp3) is 0.192. The number of rotatable bonds is 9. The SMILES string of the molecule is COCCOC(=O)c1c(NC(=O)CNc2cccc(C#Cc3ccccc3)c2)sc(C(N)=O)c1C. The van der Waals surface area contributed by atoms with Gasteiger partial charge in [-0.2, -0.15) is 0 Å². The van der Waals surface area contributed by atoms with E-state index < -0.39 is 17.8 Å². The van der Waals surface area contributed by atoms with Crippen LogP contribution in [0.4, 0.5) is 10.7 Å². The van der Waals surface area contributed by atoms with Crippen LogP contribution in [0.15, 0.2) is 54.6 Å². The minimum absolute atomic E-state index is 0.0367. The second kappa shape index (κ2) is 12.4. The van der Waals surface area contributed by atoms with Gasteiger partial charge in [-0.05, 0) is 42.8 Å². The summed E-state index contributed by atoms with van der Waals surface area (Å²) in [6.45, 7) is 1.77. The van der Waals surface area contributed by atoms with Crippen LogP contribution in [-0.4, -0.2) is 44.7 Å². The van der Waals surface area contributed by atoms with Gasteiger partial charge in [0.15, 0.2) is 0 Å². The number of anilines is 2. The van der Waals surface area contributed by atoms with Crippen molar-refractivity contribution in [1.82, 2.24) is 0 Å². The van der Waals surface area contributed by atoms with Crippen LogP contribution in [0.5, 0.6) is 0 Å². The lowest BCUT2D eigenvalue weighted by atomic mass is 10.1. The van der Waals surface area contributed by atoms with Crippen molar-refractivity contribution >= 4 is 39.8 Å². The van der Waals surface area contributed by atoms with Crippen LogP contribution in [0, 0.1) is 18.8 Å². The summed E-state index contributed by atoms with van der Waals surface area (Å²) in [7, 11) is 1.49. The molecule has 35 heavy (non-hydrogen) atoms. The molecule has 0 unspecified atom stereocenters. The third-order valence-electron chi connectivity index (χ3n) is 4.79. The number of thiophene rings is 1. The average molecular weight is 492 g/mol. The monoisotopic (exact) mass is 491 g/mol. The van der Waals surface area contributed by atoms with E-state index >= 15 is 0 Å². The molecule has 2 amide bonds. The Hall–Kier alpha value is -4.13. The van der Waals surface area contributed by atoms with Gasteiger partial charge >= 0.3 is 5.97 Å². The van der Waals surface area contributed by atoms with Gasteiger partial charge in [-0.1, -0.05) is 36.1 Å². The molecule has 2 aromatic carbocycles. The standard InChI is InChI=1S/C26H25N3O5S/c1-17-22(26(32)34-14-13-33-2)25(35-23(17)24(27)31)29-21(30)16-28-20-10-6-9-19(15-20)12-11-18-7-4-3-5-8-18/h3-10,15,28H,13-14,16H2,1-2H3,(H2,27,31)(H,29,30). The Kier molecular flexibility index (Phi) is 9.01. The molecule has 0 bridgehead atoms. The van der Waals surface area contributed by atoms with Crippen LogP contribution < -0.4 is 16.4 Å². The number of methoxy groups -OCH3 is 1. The van der Waals surface area contributed by atoms with Crippen molar-refractivity contribution in [3.05, 3.63) is 81.7 Å². The molecule has 1 heterocycles. The number of carbonyl (C=O) groups is 3. The number of primary amides is 1. The Labute approximate surface area is 207 Å². The third-order valence-corrected chi connectivity index (χ3v) is 6.01. The zero-order chi connectivity index (χ0) is 25.2. The van der Waals surface area contributed by atoms with Gasteiger partial charge in [-0.25, -0.2) is 4.79 Å². The second-order valence-corrected chi connectivity index (χ2v) is 8.37. The summed E-state index contributed by atoms with van der Waals surface area (Å²) in [6, 6.07) is 17.0. The van der Waals surface area contributed by atoms with Crippen molar-refractivity contribution in [2.75, 3.05) is 37.5 Å². The highest BCUT2D eigenvalue weighted by Crippen LogP contribution is 2.33. The Morgan fingerprint density at radius 3 is 2.43 bits per heavy atom. The molecule has 0 spiro atoms. The van der Waals surface area contributed by atoms with Crippen molar-refractivity contribution in [3.8, 4) is 11.8 Å². The van der Waals surface area contributed by atoms with Crippen molar-refractivity contribution in [2.24, 2.45) is 5.73 Å². The summed E-state index contributed by atoms with van der Waals surface area (Å²) in [6.07, 6.45) is 0. The van der Waals surface area contributed by atoms with Gasteiger partial charge in [0.05, 0.1) is 23.6 Å². The largest absolute Gasteiger partial charge is 0.460 e. The molecular formula is C26H25N3O5S. The molecule has 4 N–H and O–H groups in total. The van der Waals surface area contributed by atoms with Crippen molar-refractivity contribution in [2.45, 2.75) is 6.92 Å². The first-order chi connectivity index (χ1) is 16.9. The van der Waals surface area contributed by atoms with E-state index in [9.17, 15) is 14.4 Å². The molecule has 0 aliphatic carbocycles. The molecule has 0 fully saturated rings. The summed E-state index contributed by atoms with van der Waals surface area (Å²) in [5.74, 6) is 4.42. The van der Waals surface area contributed by atoms with E-state index in [4.69, 9.17) is 15.2 Å². The first-order valence-electron chi connectivity index (χ1n) is 10.7. The number of amides is 2. The molecule has 0 saturated heterocycles. The van der Waals surface area contributed by atoms with E-state index in [1.54, 1.807) is 6.92 Å². The quantitative estimate of drug-likeness (QED) is 0.240. The predicted octanol–water partition coefficient (Wildman–Crippen LogP) is 3.41. The summed E-state index contributed by atoms with van der Waals surface area (Å²) in [5.41, 5.74) is 8.29. The van der Waals surface area contributed by atoms with Gasteiger partial charge in [-0.3, -0.25) is 9.59 Å². The molecule has 3 rings (SSSR count). The molecule has 180 valence electrons. The molecule has 8 nitrogen and oxygen atoms in total. The number of carbonyl (C=O) groups excluding carboxylic acids is 3. The summed E-state index contributed by atoms with van der Waals surface area (Å²) in [5, 5.41) is 5.92. The molecule has 9 heteroatoms. The Balaban J connectivity index is 1.68. The number of hydrogen-bond donors (Lipinski definition) is 3. The number of nitrogens with two attached hydrogens (primary N) is 1. The Morgan fingerprint density at radius 1 is 1.00 bits per heavy atom. The van der Waals surface area contributed by atoms with Gasteiger partial charge in [0.1, 0.15) is 11.6 Å². The van der Waals surface area contributed by atoms with Crippen LogP contribution in [0.25, 0.3) is 0 Å². The van der Waals surface area contributed by atoms with Gasteiger partial charge < -0.3 is 25.8 Å². The van der Waals surface area contributed by atoms with Gasteiger partial charge in [-0.15, -0.1) is 11.3 Å². The molecule has 0 saturated carbocycles. The maximum atomic E-state index is 12.6. The Bertz CT molecular complexity index is 1280. The number of esters is 1. The molecule has 0 aliphatic heterocycles. The molecule has 0 radical (unpaired) electrons. The smallest absolute Gasteiger partial charge is 0.341 e. The van der Waals surface area contributed by atoms with Crippen LogP contribution in [0.2, 0.25) is 0 Å². The molecule has 1 aromatic heterocycles. The lowest BCUT2D eigenvalue weighted by molar-refractivity contribution is -0.114. The van der Waals surface area contributed by atoms with Gasteiger partial charge in [0.2, 0.25) is 5.91 Å². The number of hydrogen-bond acceptors (Lipinski definition) is 7. The van der Waals surface area contributed by atoms with Gasteiger partial charge in [0, 0.05) is 23.9 Å². The highest BCUT2D eigenvalue weighted by Gasteiger charge is 2.25. The fourth-order valence-corrected chi connectivity index (χ4v) is 4.16. The minimum atomic E-state index is -0.689. The first-order valence-corrected chi connectivity index (χ1v) is 11.5. The normalized spacial score (nSPS) is 10.1. The van der Waals surface area contributed by atoms with Crippen LogP contribution in [-0.2, 0) is 14.3 Å². The number of benzene rings is 2. The zero-order valence-electron chi connectivity index (χ0n) is 19.3. The lowest BCUT2D eigenvalue weighted by Crippen LogP contribution is -2.22. The fourth-order valence-electron chi connectivity index (χ4n) is 3.10. The van der Waals surface area contributed by atoms with E-state index in [2.05, 4.69) is 22.5 Å². The first kappa shape index (κ1) is 25.5. The number of nitrogens with one attached hydrogen (secondary N) is 2. The molecule has 0 aliphatic rings. The van der Waals surface area contributed by atoms with E-state index in [1.165, 1.54) is 7.11 Å². The maximum Gasteiger partial charge on any atom is 0.341 e. The topological polar surface area (TPSA) is 120 Å². The summed E-state index contributed by atoms with van der Waals surface area (Å²) < 4.78 is 10.1.